The van der Waals surface area contributed by atoms with Gasteiger partial charge in [-0.3, -0.25) is 5.10 Å². The monoisotopic (exact) mass is 343 g/mol. The predicted molar refractivity (Wildman–Crippen MR) is 77.2 cm³/mol. The van der Waals surface area contributed by atoms with Crippen molar-refractivity contribution in [3.8, 4) is 17.0 Å². The molecule has 0 bridgehead atoms. The number of methoxy groups -OCH3 is 1. The number of nitrogens with zero attached hydrogens (tertiary/aromatic N) is 1. The van der Waals surface area contributed by atoms with Crippen LogP contribution in [-0.2, 0) is 0 Å². The average molecular weight is 343 g/mol. The molecule has 0 saturated heterocycles. The van der Waals surface area contributed by atoms with Crippen molar-refractivity contribution in [3.63, 3.8) is 0 Å². The van der Waals surface area contributed by atoms with E-state index in [2.05, 4.69) is 52.7 Å². The van der Waals surface area contributed by atoms with Crippen molar-refractivity contribution in [2.24, 2.45) is 0 Å². The van der Waals surface area contributed by atoms with Crippen LogP contribution in [0.1, 0.15) is 11.1 Å². The first kappa shape index (κ1) is 12.2. The number of aryl methyl sites for hydroxylation is 2. The Bertz CT molecular complexity index is 563. The molecular weight excluding hydrogens is 329 g/mol. The van der Waals surface area contributed by atoms with Crippen LogP contribution >= 0.6 is 22.6 Å². The highest BCUT2D eigenvalue weighted by atomic mass is 127. The SMILES string of the molecule is COc1cc(C)c(C)cc1-c1[nH]nc(N)c1I. The third-order valence-electron chi connectivity index (χ3n) is 2.82. The van der Waals surface area contributed by atoms with Gasteiger partial charge in [0.2, 0.25) is 0 Å². The summed E-state index contributed by atoms with van der Waals surface area (Å²) in [5.41, 5.74) is 10.1. The van der Waals surface area contributed by atoms with Gasteiger partial charge in [0.25, 0.3) is 0 Å². The van der Waals surface area contributed by atoms with Crippen LogP contribution < -0.4 is 10.5 Å². The van der Waals surface area contributed by atoms with E-state index in [0.29, 0.717) is 5.82 Å². The Morgan fingerprint density at radius 3 is 2.47 bits per heavy atom. The molecule has 2 aromatic rings. The van der Waals surface area contributed by atoms with Gasteiger partial charge in [0.1, 0.15) is 5.75 Å². The van der Waals surface area contributed by atoms with E-state index in [1.54, 1.807) is 7.11 Å². The minimum atomic E-state index is 0.515. The summed E-state index contributed by atoms with van der Waals surface area (Å²) in [6.07, 6.45) is 0. The molecule has 0 amide bonds. The van der Waals surface area contributed by atoms with Gasteiger partial charge in [0.05, 0.1) is 16.4 Å². The zero-order valence-corrected chi connectivity index (χ0v) is 12.1. The summed E-state index contributed by atoms with van der Waals surface area (Å²) in [6.45, 7) is 4.14. The highest BCUT2D eigenvalue weighted by molar-refractivity contribution is 14.1. The lowest BCUT2D eigenvalue weighted by atomic mass is 10.0. The summed E-state index contributed by atoms with van der Waals surface area (Å²) in [5.74, 6) is 1.34. The van der Waals surface area contributed by atoms with Crippen LogP contribution in [0.5, 0.6) is 5.75 Å². The highest BCUT2D eigenvalue weighted by Gasteiger charge is 2.15. The number of aromatic nitrogens is 2. The Morgan fingerprint density at radius 2 is 1.94 bits per heavy atom. The Labute approximate surface area is 114 Å². The van der Waals surface area contributed by atoms with E-state index < -0.39 is 0 Å². The second-order valence-electron chi connectivity index (χ2n) is 3.93. The molecule has 0 fully saturated rings. The summed E-state index contributed by atoms with van der Waals surface area (Å²) < 4.78 is 6.33. The van der Waals surface area contributed by atoms with Gasteiger partial charge in [-0.15, -0.1) is 0 Å². The van der Waals surface area contributed by atoms with Crippen LogP contribution in [0, 0.1) is 17.4 Å². The lowest BCUT2D eigenvalue weighted by Gasteiger charge is -2.10. The normalized spacial score (nSPS) is 10.6. The summed E-state index contributed by atoms with van der Waals surface area (Å²) in [6, 6.07) is 4.11. The zero-order valence-electron chi connectivity index (χ0n) is 9.97. The molecule has 17 heavy (non-hydrogen) atoms. The van der Waals surface area contributed by atoms with E-state index in [9.17, 15) is 0 Å². The minimum Gasteiger partial charge on any atom is -0.496 e. The van der Waals surface area contributed by atoms with Crippen molar-refractivity contribution in [3.05, 3.63) is 26.8 Å². The Hall–Kier alpha value is -1.24. The second kappa shape index (κ2) is 4.56. The van der Waals surface area contributed by atoms with Crippen LogP contribution in [-0.4, -0.2) is 17.3 Å². The van der Waals surface area contributed by atoms with Gasteiger partial charge < -0.3 is 10.5 Å². The van der Waals surface area contributed by atoms with Crippen molar-refractivity contribution in [2.75, 3.05) is 12.8 Å². The largest absolute Gasteiger partial charge is 0.496 e. The maximum atomic E-state index is 5.75. The van der Waals surface area contributed by atoms with Crippen molar-refractivity contribution in [1.82, 2.24) is 10.2 Å². The number of nitrogen functional groups attached to an aromatic ring is 1. The van der Waals surface area contributed by atoms with Gasteiger partial charge >= 0.3 is 0 Å². The zero-order chi connectivity index (χ0) is 12.6. The molecule has 0 saturated carbocycles. The maximum absolute atomic E-state index is 5.75. The molecule has 0 unspecified atom stereocenters. The van der Waals surface area contributed by atoms with Gasteiger partial charge in [0, 0.05) is 5.56 Å². The quantitative estimate of drug-likeness (QED) is 0.825. The number of anilines is 1. The fourth-order valence-corrected chi connectivity index (χ4v) is 2.21. The first-order valence-electron chi connectivity index (χ1n) is 5.19. The lowest BCUT2D eigenvalue weighted by Crippen LogP contribution is -1.93. The third kappa shape index (κ3) is 2.11. The number of nitrogens with two attached hydrogens (primary N) is 1. The van der Waals surface area contributed by atoms with Crippen LogP contribution in [0.15, 0.2) is 12.1 Å². The second-order valence-corrected chi connectivity index (χ2v) is 5.01. The number of halogens is 1. The van der Waals surface area contributed by atoms with E-state index in [4.69, 9.17) is 10.5 Å². The molecule has 4 nitrogen and oxygen atoms in total. The van der Waals surface area contributed by atoms with Crippen LogP contribution in [0.25, 0.3) is 11.3 Å². The first-order valence-corrected chi connectivity index (χ1v) is 6.27. The number of hydrogen-bond acceptors (Lipinski definition) is 3. The summed E-state index contributed by atoms with van der Waals surface area (Å²) in [5, 5.41) is 6.96. The van der Waals surface area contributed by atoms with Gasteiger partial charge in [-0.05, 0) is 59.7 Å². The molecule has 1 aromatic heterocycles. The fourth-order valence-electron chi connectivity index (χ4n) is 1.67. The Morgan fingerprint density at radius 1 is 1.29 bits per heavy atom. The molecule has 0 aliphatic heterocycles. The lowest BCUT2D eigenvalue weighted by molar-refractivity contribution is 0.416. The van der Waals surface area contributed by atoms with Crippen LogP contribution in [0.2, 0.25) is 0 Å². The minimum absolute atomic E-state index is 0.515. The number of benzene rings is 1. The average Bonchev–Trinajstić information content (AvgIpc) is 2.63. The van der Waals surface area contributed by atoms with Gasteiger partial charge in [-0.25, -0.2) is 0 Å². The molecule has 0 radical (unpaired) electrons. The number of aromatic amines is 1. The molecule has 1 aromatic carbocycles. The number of nitrogens with one attached hydrogen (secondary N) is 1. The van der Waals surface area contributed by atoms with E-state index in [0.717, 1.165) is 20.6 Å². The summed E-state index contributed by atoms with van der Waals surface area (Å²) in [7, 11) is 1.67. The Kier molecular flexibility index (Phi) is 3.28. The van der Waals surface area contributed by atoms with E-state index in [1.165, 1.54) is 11.1 Å². The number of rotatable bonds is 2. The van der Waals surface area contributed by atoms with Crippen molar-refractivity contribution in [2.45, 2.75) is 13.8 Å². The molecular formula is C12H14IN3O. The smallest absolute Gasteiger partial charge is 0.159 e. The molecule has 5 heteroatoms. The van der Waals surface area contributed by atoms with Gasteiger partial charge in [-0.1, -0.05) is 0 Å². The standard InChI is InChI=1S/C12H14IN3O/c1-6-4-8(9(17-3)5-7(6)2)11-10(13)12(14)16-15-11/h4-5H,1-3H3,(H3,14,15,16). The van der Waals surface area contributed by atoms with Crippen molar-refractivity contribution < 1.29 is 4.74 Å². The molecule has 1 heterocycles. The maximum Gasteiger partial charge on any atom is 0.159 e. The third-order valence-corrected chi connectivity index (χ3v) is 3.91. The first-order chi connectivity index (χ1) is 8.04. The Balaban J connectivity index is 2.66. The molecule has 0 spiro atoms. The molecule has 90 valence electrons. The van der Waals surface area contributed by atoms with E-state index in [1.807, 2.05) is 6.07 Å². The van der Waals surface area contributed by atoms with E-state index in [-0.39, 0.29) is 0 Å². The topological polar surface area (TPSA) is 63.9 Å². The summed E-state index contributed by atoms with van der Waals surface area (Å²) in [4.78, 5) is 0. The molecule has 2 rings (SSSR count). The van der Waals surface area contributed by atoms with Crippen LogP contribution in [0.4, 0.5) is 5.82 Å². The molecule has 0 aliphatic carbocycles. The van der Waals surface area contributed by atoms with Gasteiger partial charge in [-0.2, -0.15) is 5.10 Å². The molecule has 3 N–H and O–H groups in total. The molecule has 0 aliphatic rings. The number of hydrogen-bond donors (Lipinski definition) is 2. The summed E-state index contributed by atoms with van der Waals surface area (Å²) >= 11 is 2.18. The van der Waals surface area contributed by atoms with Crippen molar-refractivity contribution >= 4 is 28.4 Å². The highest BCUT2D eigenvalue weighted by Crippen LogP contribution is 2.35. The van der Waals surface area contributed by atoms with Crippen molar-refractivity contribution in [1.29, 1.82) is 0 Å². The van der Waals surface area contributed by atoms with Gasteiger partial charge in [0.15, 0.2) is 5.82 Å². The van der Waals surface area contributed by atoms with Crippen LogP contribution in [0.3, 0.4) is 0 Å². The number of ether oxygens (including phenoxy) is 1. The molecule has 0 atom stereocenters. The van der Waals surface area contributed by atoms with E-state index >= 15 is 0 Å². The number of H-pyrrole nitrogens is 1. The predicted octanol–water partition coefficient (Wildman–Crippen LogP) is 2.89. The fraction of sp³-hybridized carbons (Fsp3) is 0.250.